The van der Waals surface area contributed by atoms with Crippen molar-refractivity contribution in [3.63, 3.8) is 0 Å². The van der Waals surface area contributed by atoms with Crippen molar-refractivity contribution >= 4 is 35.2 Å². The predicted molar refractivity (Wildman–Crippen MR) is 155 cm³/mol. The van der Waals surface area contributed by atoms with Gasteiger partial charge in [0.15, 0.2) is 12.4 Å². The van der Waals surface area contributed by atoms with Gasteiger partial charge in [0, 0.05) is 23.1 Å². The van der Waals surface area contributed by atoms with Crippen LogP contribution < -0.4 is 5.32 Å². The minimum Gasteiger partial charge on any atom is -0.454 e. The second-order valence-electron chi connectivity index (χ2n) is 11.7. The number of hydrogen-bond acceptors (Lipinski definition) is 6. The average Bonchev–Trinajstić information content (AvgIpc) is 3.24. The standard InChI is InChI=1S/C34H32N2O6/c1-18(2)15-26(34(41)42-17-27(38)35-21-10-8-9-20(16-21)19(3)37)36-32(39)30-28-22-11-4-5-12-23(22)29(31(30)33(36)40)25-14-7-6-13-24(25)28/h4-14,16,18,26,28-31H,15,17H2,1-3H3,(H,35,38)/t26-,28?,29?,30-,31+/m0/s1. The van der Waals surface area contributed by atoms with Crippen LogP contribution in [0, 0.1) is 17.8 Å². The van der Waals surface area contributed by atoms with E-state index in [1.807, 2.05) is 62.4 Å². The summed E-state index contributed by atoms with van der Waals surface area (Å²) in [4.78, 5) is 67.2. The van der Waals surface area contributed by atoms with Crippen molar-refractivity contribution in [2.45, 2.75) is 45.1 Å². The molecule has 0 spiro atoms. The number of rotatable bonds is 8. The van der Waals surface area contributed by atoms with Gasteiger partial charge < -0.3 is 10.1 Å². The van der Waals surface area contributed by atoms with E-state index in [4.69, 9.17) is 4.74 Å². The number of carbonyl (C=O) groups is 5. The first-order chi connectivity index (χ1) is 20.2. The van der Waals surface area contributed by atoms with Crippen LogP contribution in [0.15, 0.2) is 72.8 Å². The third-order valence-electron chi connectivity index (χ3n) is 8.66. The summed E-state index contributed by atoms with van der Waals surface area (Å²) in [5.41, 5.74) is 5.05. The van der Waals surface area contributed by atoms with E-state index in [1.54, 1.807) is 18.2 Å². The lowest BCUT2D eigenvalue weighted by molar-refractivity contribution is -0.160. The summed E-state index contributed by atoms with van der Waals surface area (Å²) in [5.74, 6) is -4.05. The zero-order chi connectivity index (χ0) is 29.7. The third kappa shape index (κ3) is 4.51. The van der Waals surface area contributed by atoms with Gasteiger partial charge in [-0.2, -0.15) is 0 Å². The number of amides is 3. The van der Waals surface area contributed by atoms with Crippen LogP contribution in [0.25, 0.3) is 0 Å². The first-order valence-electron chi connectivity index (χ1n) is 14.3. The summed E-state index contributed by atoms with van der Waals surface area (Å²) >= 11 is 0. The minimum atomic E-state index is -1.14. The second-order valence-corrected chi connectivity index (χ2v) is 11.7. The summed E-state index contributed by atoms with van der Waals surface area (Å²) in [7, 11) is 0. The van der Waals surface area contributed by atoms with Gasteiger partial charge in [-0.05, 0) is 53.6 Å². The monoisotopic (exact) mass is 564 g/mol. The number of anilines is 1. The highest BCUT2D eigenvalue weighted by molar-refractivity contribution is 6.10. The molecule has 1 aliphatic heterocycles. The summed E-state index contributed by atoms with van der Waals surface area (Å²) in [6, 6.07) is 21.3. The Labute approximate surface area is 244 Å². The van der Waals surface area contributed by atoms with Gasteiger partial charge in [-0.15, -0.1) is 0 Å². The summed E-state index contributed by atoms with van der Waals surface area (Å²) in [6.07, 6.45) is 0.216. The number of ether oxygens (including phenoxy) is 1. The number of ketones is 1. The number of imide groups is 1. The summed E-state index contributed by atoms with van der Waals surface area (Å²) in [6.45, 7) is 4.64. The van der Waals surface area contributed by atoms with E-state index >= 15 is 0 Å². The Morgan fingerprint density at radius 2 is 1.33 bits per heavy atom. The minimum absolute atomic E-state index is 0.0277. The zero-order valence-corrected chi connectivity index (χ0v) is 23.7. The Morgan fingerprint density at radius 1 is 0.810 bits per heavy atom. The molecular formula is C34H32N2O6. The lowest BCUT2D eigenvalue weighted by Gasteiger charge is -2.45. The fourth-order valence-corrected chi connectivity index (χ4v) is 7.01. The van der Waals surface area contributed by atoms with Crippen LogP contribution in [0.1, 0.15) is 71.6 Å². The Bertz CT molecular complexity index is 1510. The molecule has 42 heavy (non-hydrogen) atoms. The molecule has 4 aliphatic rings. The number of nitrogens with zero attached hydrogens (tertiary/aromatic N) is 1. The molecule has 7 rings (SSSR count). The zero-order valence-electron chi connectivity index (χ0n) is 23.7. The summed E-state index contributed by atoms with van der Waals surface area (Å²) in [5, 5.41) is 2.62. The van der Waals surface area contributed by atoms with Gasteiger partial charge in [-0.3, -0.25) is 24.1 Å². The van der Waals surface area contributed by atoms with Crippen molar-refractivity contribution in [1.82, 2.24) is 4.90 Å². The Morgan fingerprint density at radius 3 is 1.81 bits per heavy atom. The van der Waals surface area contributed by atoms with Gasteiger partial charge in [-0.1, -0.05) is 74.5 Å². The average molecular weight is 565 g/mol. The second kappa shape index (κ2) is 10.7. The number of carbonyl (C=O) groups excluding carboxylic acids is 5. The molecule has 1 heterocycles. The van der Waals surface area contributed by atoms with E-state index in [1.165, 1.54) is 13.0 Å². The molecule has 1 saturated heterocycles. The van der Waals surface area contributed by atoms with Crippen LogP contribution in [0.3, 0.4) is 0 Å². The normalized spacial score (nSPS) is 22.3. The smallest absolute Gasteiger partial charge is 0.329 e. The molecule has 0 aromatic heterocycles. The van der Waals surface area contributed by atoms with E-state index in [0.29, 0.717) is 11.3 Å². The number of benzene rings is 3. The molecule has 214 valence electrons. The molecule has 0 unspecified atom stereocenters. The van der Waals surface area contributed by atoms with Crippen molar-refractivity contribution in [1.29, 1.82) is 0 Å². The van der Waals surface area contributed by atoms with E-state index in [0.717, 1.165) is 27.2 Å². The highest BCUT2D eigenvalue weighted by Crippen LogP contribution is 2.61. The number of likely N-dealkylation sites (tertiary alicyclic amines) is 1. The van der Waals surface area contributed by atoms with Gasteiger partial charge in [0.25, 0.3) is 5.91 Å². The topological polar surface area (TPSA) is 110 Å². The maximum absolute atomic E-state index is 14.1. The molecule has 1 N–H and O–H groups in total. The molecule has 0 saturated carbocycles. The Balaban J connectivity index is 1.25. The molecular weight excluding hydrogens is 532 g/mol. The highest BCUT2D eigenvalue weighted by Gasteiger charge is 2.63. The van der Waals surface area contributed by atoms with Crippen LogP contribution in [0.4, 0.5) is 5.69 Å². The van der Waals surface area contributed by atoms with Crippen molar-refractivity contribution in [3.8, 4) is 0 Å². The molecule has 2 bridgehead atoms. The third-order valence-corrected chi connectivity index (χ3v) is 8.66. The number of hydrogen-bond donors (Lipinski definition) is 1. The van der Waals surface area contributed by atoms with Gasteiger partial charge >= 0.3 is 5.97 Å². The predicted octanol–water partition coefficient (Wildman–Crippen LogP) is 4.68. The van der Waals surface area contributed by atoms with Gasteiger partial charge in [0.05, 0.1) is 11.8 Å². The van der Waals surface area contributed by atoms with Gasteiger partial charge in [0.1, 0.15) is 6.04 Å². The van der Waals surface area contributed by atoms with Crippen molar-refractivity contribution in [2.75, 3.05) is 11.9 Å². The molecule has 1 fully saturated rings. The maximum Gasteiger partial charge on any atom is 0.329 e. The van der Waals surface area contributed by atoms with E-state index < -0.39 is 36.4 Å². The first-order valence-corrected chi connectivity index (χ1v) is 14.3. The molecule has 8 nitrogen and oxygen atoms in total. The quantitative estimate of drug-likeness (QED) is 0.242. The molecule has 8 heteroatoms. The SMILES string of the molecule is CC(=O)c1cccc(NC(=O)COC(=O)[C@H](CC(C)C)N2C(=O)[C@@H]3C4c5ccccc5C(c5ccccc54)[C@@H]3C2=O)c1. The van der Waals surface area contributed by atoms with E-state index in [-0.39, 0.29) is 41.8 Å². The van der Waals surface area contributed by atoms with Crippen molar-refractivity contribution in [2.24, 2.45) is 17.8 Å². The molecule has 3 aromatic rings. The Kier molecular flexibility index (Phi) is 7.01. The molecule has 3 aromatic carbocycles. The van der Waals surface area contributed by atoms with E-state index in [2.05, 4.69) is 5.32 Å². The number of Topliss-reactive ketones (excluding diaryl/α,β-unsaturated/α-hetero) is 1. The highest BCUT2D eigenvalue weighted by atomic mass is 16.5. The van der Waals surface area contributed by atoms with Crippen LogP contribution in [-0.2, 0) is 23.9 Å². The first kappa shape index (κ1) is 27.6. The number of nitrogens with one attached hydrogen (secondary N) is 1. The lowest BCUT2D eigenvalue weighted by Crippen LogP contribution is -2.47. The van der Waals surface area contributed by atoms with Crippen LogP contribution in [0.2, 0.25) is 0 Å². The van der Waals surface area contributed by atoms with Gasteiger partial charge in [0.2, 0.25) is 11.8 Å². The van der Waals surface area contributed by atoms with E-state index in [9.17, 15) is 24.0 Å². The maximum atomic E-state index is 14.1. The van der Waals surface area contributed by atoms with Crippen molar-refractivity contribution in [3.05, 3.63) is 101 Å². The van der Waals surface area contributed by atoms with Gasteiger partial charge in [-0.25, -0.2) is 4.79 Å². The molecule has 3 amide bonds. The molecule has 3 aliphatic carbocycles. The van der Waals surface area contributed by atoms with Crippen LogP contribution >= 0.6 is 0 Å². The van der Waals surface area contributed by atoms with Crippen LogP contribution in [0.5, 0.6) is 0 Å². The number of esters is 1. The summed E-state index contributed by atoms with van der Waals surface area (Å²) < 4.78 is 5.41. The fraction of sp³-hybridized carbons (Fsp3) is 0.324. The molecule has 3 atom stereocenters. The largest absolute Gasteiger partial charge is 0.454 e. The Hall–Kier alpha value is -4.59. The van der Waals surface area contributed by atoms with Crippen LogP contribution in [-0.4, -0.2) is 47.0 Å². The molecule has 0 radical (unpaired) electrons. The van der Waals surface area contributed by atoms with Crippen molar-refractivity contribution < 1.29 is 28.7 Å². The fourth-order valence-electron chi connectivity index (χ4n) is 7.01. The lowest BCUT2D eigenvalue weighted by atomic mass is 9.55.